The number of piperidine rings is 1. The zero-order chi connectivity index (χ0) is 20.1. The molecule has 2 aromatic rings. The number of aromatic nitrogens is 1. The fourth-order valence-electron chi connectivity index (χ4n) is 3.32. The number of methoxy groups -OCH3 is 1. The third-order valence-corrected chi connectivity index (χ3v) is 6.44. The van der Waals surface area contributed by atoms with Gasteiger partial charge >= 0.3 is 0 Å². The Kier molecular flexibility index (Phi) is 6.31. The van der Waals surface area contributed by atoms with E-state index in [-0.39, 0.29) is 16.7 Å². The summed E-state index contributed by atoms with van der Waals surface area (Å²) in [5.74, 6) is 0.508. The molecule has 150 valence electrons. The van der Waals surface area contributed by atoms with Crippen molar-refractivity contribution in [3.8, 4) is 5.75 Å². The Hall–Kier alpha value is -2.45. The second kappa shape index (κ2) is 8.70. The second-order valence-corrected chi connectivity index (χ2v) is 8.71. The minimum Gasteiger partial charge on any atom is -0.495 e. The molecule has 1 aliphatic rings. The van der Waals surface area contributed by atoms with Gasteiger partial charge in [0.1, 0.15) is 10.6 Å². The molecule has 0 unspecified atom stereocenters. The fourth-order valence-corrected chi connectivity index (χ4v) is 4.68. The molecule has 1 aromatic carbocycles. The molecule has 0 radical (unpaired) electrons. The normalized spacial score (nSPS) is 15.4. The number of nitrogens with zero attached hydrogens (tertiary/aromatic N) is 2. The van der Waals surface area contributed by atoms with Gasteiger partial charge in [0.05, 0.1) is 7.11 Å². The van der Waals surface area contributed by atoms with Gasteiger partial charge in [-0.1, -0.05) is 6.07 Å². The van der Waals surface area contributed by atoms with Gasteiger partial charge in [0.25, 0.3) is 5.91 Å². The van der Waals surface area contributed by atoms with Crippen molar-refractivity contribution in [1.29, 1.82) is 0 Å². The lowest BCUT2D eigenvalue weighted by Crippen LogP contribution is -2.41. The van der Waals surface area contributed by atoms with Gasteiger partial charge in [0.2, 0.25) is 10.0 Å². The Morgan fingerprint density at radius 2 is 1.89 bits per heavy atom. The first-order chi connectivity index (χ1) is 13.4. The van der Waals surface area contributed by atoms with E-state index < -0.39 is 10.0 Å². The average Bonchev–Trinajstić information content (AvgIpc) is 2.73. The van der Waals surface area contributed by atoms with Crippen LogP contribution in [0.15, 0.2) is 47.6 Å². The molecule has 8 heteroatoms. The molecule has 0 aliphatic carbocycles. The summed E-state index contributed by atoms with van der Waals surface area (Å²) in [4.78, 5) is 18.4. The van der Waals surface area contributed by atoms with Crippen LogP contribution < -0.4 is 9.46 Å². The SMILES string of the molecule is COc1ccc(C)cc1S(=O)(=O)NCC1CCN(C(=O)c2ccncc2)CC1. The van der Waals surface area contributed by atoms with Crippen molar-refractivity contribution >= 4 is 15.9 Å². The highest BCUT2D eigenvalue weighted by Crippen LogP contribution is 2.25. The number of pyridine rings is 1. The minimum absolute atomic E-state index is 0.00840. The van der Waals surface area contributed by atoms with Gasteiger partial charge in [-0.15, -0.1) is 0 Å². The van der Waals surface area contributed by atoms with Crippen LogP contribution in [0.2, 0.25) is 0 Å². The Balaban J connectivity index is 1.57. The maximum Gasteiger partial charge on any atom is 0.253 e. The quantitative estimate of drug-likeness (QED) is 0.799. The number of hydrogen-bond donors (Lipinski definition) is 1. The smallest absolute Gasteiger partial charge is 0.253 e. The zero-order valence-corrected chi connectivity index (χ0v) is 16.9. The monoisotopic (exact) mass is 403 g/mol. The summed E-state index contributed by atoms with van der Waals surface area (Å²) < 4.78 is 33.3. The predicted molar refractivity (Wildman–Crippen MR) is 106 cm³/mol. The molecule has 0 atom stereocenters. The van der Waals surface area contributed by atoms with Crippen LogP contribution in [0.3, 0.4) is 0 Å². The Morgan fingerprint density at radius 3 is 2.54 bits per heavy atom. The lowest BCUT2D eigenvalue weighted by atomic mass is 9.97. The molecule has 7 nitrogen and oxygen atoms in total. The van der Waals surface area contributed by atoms with Gasteiger partial charge in [0.15, 0.2) is 0 Å². The van der Waals surface area contributed by atoms with Crippen molar-refractivity contribution < 1.29 is 17.9 Å². The summed E-state index contributed by atoms with van der Waals surface area (Å²) >= 11 is 0. The number of nitrogens with one attached hydrogen (secondary N) is 1. The third-order valence-electron chi connectivity index (χ3n) is 5.00. The van der Waals surface area contributed by atoms with Crippen LogP contribution in [0.1, 0.15) is 28.8 Å². The van der Waals surface area contributed by atoms with E-state index in [0.29, 0.717) is 30.9 Å². The van der Waals surface area contributed by atoms with Crippen LogP contribution >= 0.6 is 0 Å². The van der Waals surface area contributed by atoms with Crippen molar-refractivity contribution in [2.24, 2.45) is 5.92 Å². The van der Waals surface area contributed by atoms with Gasteiger partial charge < -0.3 is 9.64 Å². The van der Waals surface area contributed by atoms with Crippen LogP contribution in [0, 0.1) is 12.8 Å². The number of rotatable bonds is 6. The maximum atomic E-state index is 12.7. The van der Waals surface area contributed by atoms with E-state index in [2.05, 4.69) is 9.71 Å². The average molecular weight is 404 g/mol. The van der Waals surface area contributed by atoms with E-state index in [1.807, 2.05) is 17.9 Å². The molecule has 1 saturated heterocycles. The highest BCUT2D eigenvalue weighted by Gasteiger charge is 2.26. The van der Waals surface area contributed by atoms with Crippen LogP contribution in [0.5, 0.6) is 5.75 Å². The summed E-state index contributed by atoms with van der Waals surface area (Å²) in [6.45, 7) is 3.41. The lowest BCUT2D eigenvalue weighted by Gasteiger charge is -2.32. The van der Waals surface area contributed by atoms with E-state index in [9.17, 15) is 13.2 Å². The molecule has 3 rings (SSSR count). The Bertz CT molecular complexity index is 924. The molecule has 0 bridgehead atoms. The van der Waals surface area contributed by atoms with Crippen LogP contribution in [-0.4, -0.2) is 51.0 Å². The van der Waals surface area contributed by atoms with E-state index >= 15 is 0 Å². The van der Waals surface area contributed by atoms with E-state index in [4.69, 9.17) is 4.74 Å². The first-order valence-electron chi connectivity index (χ1n) is 9.24. The van der Waals surface area contributed by atoms with Crippen molar-refractivity contribution in [2.75, 3.05) is 26.7 Å². The summed E-state index contributed by atoms with van der Waals surface area (Å²) in [5, 5.41) is 0. The number of carbonyl (C=O) groups is 1. The number of amides is 1. The lowest BCUT2D eigenvalue weighted by molar-refractivity contribution is 0.0692. The first kappa shape index (κ1) is 20.3. The van der Waals surface area contributed by atoms with Crippen LogP contribution in [0.4, 0.5) is 0 Å². The van der Waals surface area contributed by atoms with Crippen molar-refractivity contribution in [3.05, 3.63) is 53.9 Å². The second-order valence-electron chi connectivity index (χ2n) is 6.98. The van der Waals surface area contributed by atoms with Gasteiger partial charge in [-0.2, -0.15) is 0 Å². The van der Waals surface area contributed by atoms with Gasteiger partial charge in [-0.25, -0.2) is 13.1 Å². The highest BCUT2D eigenvalue weighted by atomic mass is 32.2. The number of likely N-dealkylation sites (tertiary alicyclic amines) is 1. The Labute approximate surface area is 165 Å². The molecule has 0 saturated carbocycles. The molecule has 2 heterocycles. The van der Waals surface area contributed by atoms with E-state index in [1.54, 1.807) is 36.7 Å². The largest absolute Gasteiger partial charge is 0.495 e. The fraction of sp³-hybridized carbons (Fsp3) is 0.400. The molecule has 0 spiro atoms. The predicted octanol–water partition coefficient (Wildman–Crippen LogP) is 2.23. The number of carbonyl (C=O) groups excluding carboxylic acids is 1. The summed E-state index contributed by atoms with van der Waals surface area (Å²) in [6.07, 6.45) is 4.72. The third kappa shape index (κ3) is 4.69. The number of hydrogen-bond acceptors (Lipinski definition) is 5. The summed E-state index contributed by atoms with van der Waals surface area (Å²) in [6, 6.07) is 8.49. The molecular weight excluding hydrogens is 378 g/mol. The van der Waals surface area contributed by atoms with Gasteiger partial charge in [-0.3, -0.25) is 9.78 Å². The number of benzene rings is 1. The molecule has 1 aromatic heterocycles. The minimum atomic E-state index is -3.66. The molecule has 1 fully saturated rings. The molecule has 28 heavy (non-hydrogen) atoms. The molecule has 1 amide bonds. The number of ether oxygens (including phenoxy) is 1. The highest BCUT2D eigenvalue weighted by molar-refractivity contribution is 7.89. The van der Waals surface area contributed by atoms with Crippen molar-refractivity contribution in [3.63, 3.8) is 0 Å². The summed E-state index contributed by atoms with van der Waals surface area (Å²) in [7, 11) is -2.20. The first-order valence-corrected chi connectivity index (χ1v) is 10.7. The van der Waals surface area contributed by atoms with Crippen LogP contribution in [-0.2, 0) is 10.0 Å². The van der Waals surface area contributed by atoms with Gasteiger partial charge in [0, 0.05) is 37.6 Å². The number of sulfonamides is 1. The Morgan fingerprint density at radius 1 is 1.21 bits per heavy atom. The van der Waals surface area contributed by atoms with Crippen molar-refractivity contribution in [2.45, 2.75) is 24.7 Å². The van der Waals surface area contributed by atoms with Gasteiger partial charge in [-0.05, 0) is 55.5 Å². The molecule has 1 aliphatic heterocycles. The maximum absolute atomic E-state index is 12.7. The van der Waals surface area contributed by atoms with E-state index in [1.165, 1.54) is 7.11 Å². The van der Waals surface area contributed by atoms with Crippen molar-refractivity contribution in [1.82, 2.24) is 14.6 Å². The molecular formula is C20H25N3O4S. The summed E-state index contributed by atoms with van der Waals surface area (Å²) in [5.41, 5.74) is 1.48. The number of aryl methyl sites for hydroxylation is 1. The topological polar surface area (TPSA) is 88.6 Å². The van der Waals surface area contributed by atoms with Crippen LogP contribution in [0.25, 0.3) is 0 Å². The van der Waals surface area contributed by atoms with E-state index in [0.717, 1.165) is 18.4 Å². The zero-order valence-electron chi connectivity index (χ0n) is 16.1. The standard InChI is InChI=1S/C20H25N3O4S/c1-15-3-4-18(27-2)19(13-15)28(25,26)22-14-16-7-11-23(12-8-16)20(24)17-5-9-21-10-6-17/h3-6,9-10,13,16,22H,7-8,11-12,14H2,1-2H3. The molecule has 1 N–H and O–H groups in total.